The van der Waals surface area contributed by atoms with Gasteiger partial charge in [0.2, 0.25) is 0 Å². The summed E-state index contributed by atoms with van der Waals surface area (Å²) in [6, 6.07) is 11.1. The molecule has 1 heterocycles. The maximum atomic E-state index is 13.6. The number of fused-ring (bicyclic) bond motifs is 1. The van der Waals surface area contributed by atoms with E-state index in [1.807, 2.05) is 24.3 Å². The molecule has 3 rings (SSSR count). The molecule has 0 bridgehead atoms. The molecule has 0 fully saturated rings. The van der Waals surface area contributed by atoms with Gasteiger partial charge in [-0.25, -0.2) is 8.78 Å². The maximum Gasteiger partial charge on any atom is 0.173 e. The lowest BCUT2D eigenvalue weighted by Crippen LogP contribution is -2.12. The molecule has 0 amide bonds. The molecule has 102 valence electrons. The van der Waals surface area contributed by atoms with Crippen molar-refractivity contribution in [3.8, 4) is 0 Å². The van der Waals surface area contributed by atoms with E-state index >= 15 is 0 Å². The van der Waals surface area contributed by atoms with Crippen molar-refractivity contribution in [2.24, 2.45) is 5.73 Å². The predicted molar refractivity (Wildman–Crippen MR) is 76.3 cm³/mol. The van der Waals surface area contributed by atoms with Crippen LogP contribution in [0.15, 0.2) is 51.4 Å². The number of furan rings is 1. The van der Waals surface area contributed by atoms with Crippen LogP contribution in [-0.2, 0) is 0 Å². The molecule has 0 aliphatic heterocycles. The second-order valence-corrected chi connectivity index (χ2v) is 5.22. The van der Waals surface area contributed by atoms with Crippen LogP contribution in [-0.4, -0.2) is 0 Å². The van der Waals surface area contributed by atoms with E-state index in [9.17, 15) is 8.78 Å². The lowest BCUT2D eigenvalue weighted by Gasteiger charge is -2.12. The summed E-state index contributed by atoms with van der Waals surface area (Å²) in [5.41, 5.74) is 7.23. The van der Waals surface area contributed by atoms with Crippen LogP contribution in [0.2, 0.25) is 0 Å². The highest BCUT2D eigenvalue weighted by Crippen LogP contribution is 2.32. The van der Waals surface area contributed by atoms with Gasteiger partial charge in [0.25, 0.3) is 0 Å². The van der Waals surface area contributed by atoms with Crippen LogP contribution in [0.3, 0.4) is 0 Å². The molecule has 1 atom stereocenters. The fourth-order valence-corrected chi connectivity index (χ4v) is 2.66. The molecule has 1 unspecified atom stereocenters. The number of halogens is 3. The number of para-hydroxylation sites is 1. The van der Waals surface area contributed by atoms with Crippen LogP contribution in [0.1, 0.15) is 17.4 Å². The third-order valence-corrected chi connectivity index (χ3v) is 3.96. The van der Waals surface area contributed by atoms with E-state index in [0.717, 1.165) is 11.5 Å². The van der Waals surface area contributed by atoms with Crippen LogP contribution < -0.4 is 5.73 Å². The summed E-state index contributed by atoms with van der Waals surface area (Å²) < 4.78 is 32.4. The van der Waals surface area contributed by atoms with Gasteiger partial charge in [-0.05, 0) is 39.7 Å². The first kappa shape index (κ1) is 13.3. The SMILES string of the molecule is NC(c1cc2ccccc2o1)c1ccc(F)c(F)c1Br. The van der Waals surface area contributed by atoms with Gasteiger partial charge >= 0.3 is 0 Å². The summed E-state index contributed by atoms with van der Waals surface area (Å²) in [4.78, 5) is 0. The Labute approximate surface area is 122 Å². The van der Waals surface area contributed by atoms with Crippen LogP contribution in [0, 0.1) is 11.6 Å². The first-order chi connectivity index (χ1) is 9.58. The van der Waals surface area contributed by atoms with Crippen molar-refractivity contribution in [3.63, 3.8) is 0 Å². The second-order valence-electron chi connectivity index (χ2n) is 4.43. The van der Waals surface area contributed by atoms with Gasteiger partial charge in [-0.2, -0.15) is 0 Å². The van der Waals surface area contributed by atoms with Crippen LogP contribution in [0.4, 0.5) is 8.78 Å². The Balaban J connectivity index is 2.08. The molecule has 0 aliphatic rings. The minimum atomic E-state index is -0.950. The molecule has 0 saturated heterocycles. The first-order valence-electron chi connectivity index (χ1n) is 5.95. The van der Waals surface area contributed by atoms with Crippen LogP contribution >= 0.6 is 15.9 Å². The lowest BCUT2D eigenvalue weighted by atomic mass is 10.0. The zero-order valence-electron chi connectivity index (χ0n) is 10.2. The van der Waals surface area contributed by atoms with E-state index in [0.29, 0.717) is 16.9 Å². The third-order valence-electron chi connectivity index (χ3n) is 3.15. The van der Waals surface area contributed by atoms with Crippen molar-refractivity contribution in [2.75, 3.05) is 0 Å². The predicted octanol–water partition coefficient (Wildman–Crippen LogP) is 4.52. The van der Waals surface area contributed by atoms with Gasteiger partial charge < -0.3 is 10.2 Å². The van der Waals surface area contributed by atoms with E-state index in [4.69, 9.17) is 10.2 Å². The molecule has 3 aromatic rings. The molecule has 20 heavy (non-hydrogen) atoms. The minimum absolute atomic E-state index is 0.0189. The second kappa shape index (κ2) is 5.00. The van der Waals surface area contributed by atoms with Gasteiger partial charge in [0.05, 0.1) is 10.5 Å². The molecule has 2 N–H and O–H groups in total. The Kier molecular flexibility index (Phi) is 3.31. The average Bonchev–Trinajstić information content (AvgIpc) is 2.88. The van der Waals surface area contributed by atoms with Gasteiger partial charge in [-0.3, -0.25) is 0 Å². The molecular weight excluding hydrogens is 328 g/mol. The third kappa shape index (κ3) is 2.13. The fraction of sp³-hybridized carbons (Fsp3) is 0.0667. The van der Waals surface area contributed by atoms with E-state index in [1.54, 1.807) is 6.07 Å². The number of nitrogens with two attached hydrogens (primary N) is 1. The smallest absolute Gasteiger partial charge is 0.173 e. The van der Waals surface area contributed by atoms with Crippen molar-refractivity contribution in [3.05, 3.63) is 69.9 Å². The Hall–Kier alpha value is -1.72. The molecule has 5 heteroatoms. The Morgan fingerprint density at radius 3 is 2.60 bits per heavy atom. The van der Waals surface area contributed by atoms with Crippen molar-refractivity contribution >= 4 is 26.9 Å². The molecule has 0 saturated carbocycles. The zero-order chi connectivity index (χ0) is 14.3. The van der Waals surface area contributed by atoms with Crippen molar-refractivity contribution in [2.45, 2.75) is 6.04 Å². The number of rotatable bonds is 2. The summed E-state index contributed by atoms with van der Waals surface area (Å²) in [5, 5.41) is 0.914. The molecule has 0 radical (unpaired) electrons. The van der Waals surface area contributed by atoms with Gasteiger partial charge in [-0.1, -0.05) is 24.3 Å². The van der Waals surface area contributed by atoms with Gasteiger partial charge in [0.1, 0.15) is 11.3 Å². The molecular formula is C15H10BrF2NO. The number of hydrogen-bond acceptors (Lipinski definition) is 2. The monoisotopic (exact) mass is 337 g/mol. The van der Waals surface area contributed by atoms with E-state index < -0.39 is 17.7 Å². The highest BCUT2D eigenvalue weighted by molar-refractivity contribution is 9.10. The van der Waals surface area contributed by atoms with Gasteiger partial charge in [-0.15, -0.1) is 0 Å². The first-order valence-corrected chi connectivity index (χ1v) is 6.74. The number of benzene rings is 2. The fourth-order valence-electron chi connectivity index (χ4n) is 2.09. The quantitative estimate of drug-likeness (QED) is 0.698. The maximum absolute atomic E-state index is 13.6. The Morgan fingerprint density at radius 2 is 1.85 bits per heavy atom. The largest absolute Gasteiger partial charge is 0.459 e. The van der Waals surface area contributed by atoms with Crippen LogP contribution in [0.5, 0.6) is 0 Å². The molecule has 0 aliphatic carbocycles. The summed E-state index contributed by atoms with van der Waals surface area (Å²) >= 11 is 3.04. The Bertz CT molecular complexity index is 752. The van der Waals surface area contributed by atoms with Crippen molar-refractivity contribution < 1.29 is 13.2 Å². The standard InChI is InChI=1S/C15H10BrF2NO/c16-13-9(5-6-10(17)14(13)18)15(19)12-7-8-3-1-2-4-11(8)20-12/h1-7,15H,19H2. The van der Waals surface area contributed by atoms with Crippen molar-refractivity contribution in [1.29, 1.82) is 0 Å². The van der Waals surface area contributed by atoms with Gasteiger partial charge in [0.15, 0.2) is 11.6 Å². The molecule has 1 aromatic heterocycles. The molecule has 0 spiro atoms. The summed E-state index contributed by atoms with van der Waals surface area (Å²) in [5.74, 6) is -1.37. The van der Waals surface area contributed by atoms with Crippen molar-refractivity contribution in [1.82, 2.24) is 0 Å². The molecule has 2 nitrogen and oxygen atoms in total. The van der Waals surface area contributed by atoms with Crippen LogP contribution in [0.25, 0.3) is 11.0 Å². The molecule has 2 aromatic carbocycles. The highest BCUT2D eigenvalue weighted by atomic mass is 79.9. The number of hydrogen-bond donors (Lipinski definition) is 1. The van der Waals surface area contributed by atoms with E-state index in [1.165, 1.54) is 6.07 Å². The highest BCUT2D eigenvalue weighted by Gasteiger charge is 2.20. The van der Waals surface area contributed by atoms with Gasteiger partial charge in [0, 0.05) is 5.39 Å². The Morgan fingerprint density at radius 1 is 1.10 bits per heavy atom. The van der Waals surface area contributed by atoms with E-state index in [2.05, 4.69) is 15.9 Å². The summed E-state index contributed by atoms with van der Waals surface area (Å²) in [6.45, 7) is 0. The zero-order valence-corrected chi connectivity index (χ0v) is 11.8. The summed E-state index contributed by atoms with van der Waals surface area (Å²) in [7, 11) is 0. The topological polar surface area (TPSA) is 39.2 Å². The lowest BCUT2D eigenvalue weighted by molar-refractivity contribution is 0.494. The summed E-state index contributed by atoms with van der Waals surface area (Å²) in [6.07, 6.45) is 0. The minimum Gasteiger partial charge on any atom is -0.459 e. The normalized spacial score (nSPS) is 12.8. The van der Waals surface area contributed by atoms with E-state index in [-0.39, 0.29) is 4.47 Å². The average molecular weight is 338 g/mol.